The Labute approximate surface area is 75.6 Å². The van der Waals surface area contributed by atoms with Crippen LogP contribution in [0.1, 0.15) is 5.56 Å². The third kappa shape index (κ3) is 1.32. The minimum absolute atomic E-state index is 0.435. The van der Waals surface area contributed by atoms with Gasteiger partial charge >= 0.3 is 7.12 Å². The molecule has 0 atom stereocenters. The SMILES string of the molecule is Cc1cc(B(O)O)c2nccn2c1. The Hall–Kier alpha value is -1.33. The van der Waals surface area contributed by atoms with E-state index in [4.69, 9.17) is 10.0 Å². The third-order valence-electron chi connectivity index (χ3n) is 1.93. The van der Waals surface area contributed by atoms with E-state index in [0.717, 1.165) is 5.56 Å². The van der Waals surface area contributed by atoms with Gasteiger partial charge in [-0.15, -0.1) is 0 Å². The normalized spacial score (nSPS) is 10.7. The van der Waals surface area contributed by atoms with E-state index in [9.17, 15) is 0 Å². The van der Waals surface area contributed by atoms with Gasteiger partial charge in [0.2, 0.25) is 0 Å². The first-order chi connectivity index (χ1) is 6.18. The van der Waals surface area contributed by atoms with Crippen LogP contribution in [0.15, 0.2) is 24.7 Å². The number of nitrogens with zero attached hydrogens (tertiary/aromatic N) is 2. The summed E-state index contributed by atoms with van der Waals surface area (Å²) in [6.45, 7) is 1.89. The molecule has 0 aliphatic rings. The maximum Gasteiger partial charge on any atom is 0.492 e. The molecule has 0 radical (unpaired) electrons. The van der Waals surface area contributed by atoms with Crippen LogP contribution in [0.5, 0.6) is 0 Å². The molecule has 2 N–H and O–H groups in total. The second-order valence-corrected chi connectivity index (χ2v) is 3.00. The Morgan fingerprint density at radius 1 is 1.46 bits per heavy atom. The number of imidazole rings is 1. The van der Waals surface area contributed by atoms with E-state index in [1.807, 2.05) is 13.1 Å². The van der Waals surface area contributed by atoms with Crippen LogP contribution in [-0.4, -0.2) is 26.6 Å². The van der Waals surface area contributed by atoms with Gasteiger partial charge in [-0.25, -0.2) is 4.98 Å². The van der Waals surface area contributed by atoms with Crippen molar-refractivity contribution in [1.82, 2.24) is 9.38 Å². The first-order valence-corrected chi connectivity index (χ1v) is 3.98. The molecule has 5 heteroatoms. The second-order valence-electron chi connectivity index (χ2n) is 3.00. The van der Waals surface area contributed by atoms with Crippen molar-refractivity contribution in [2.75, 3.05) is 0 Å². The van der Waals surface area contributed by atoms with Crippen molar-refractivity contribution in [1.29, 1.82) is 0 Å². The molecule has 0 bridgehead atoms. The van der Waals surface area contributed by atoms with Gasteiger partial charge in [0.1, 0.15) is 5.65 Å². The van der Waals surface area contributed by atoms with E-state index in [0.29, 0.717) is 11.1 Å². The molecule has 0 spiro atoms. The summed E-state index contributed by atoms with van der Waals surface area (Å²) in [4.78, 5) is 4.02. The molecular weight excluding hydrogens is 167 g/mol. The van der Waals surface area contributed by atoms with E-state index in [-0.39, 0.29) is 0 Å². The Morgan fingerprint density at radius 2 is 2.23 bits per heavy atom. The molecule has 0 aliphatic carbocycles. The van der Waals surface area contributed by atoms with Gasteiger partial charge in [0.25, 0.3) is 0 Å². The average molecular weight is 176 g/mol. The molecule has 0 aromatic carbocycles. The highest BCUT2D eigenvalue weighted by Crippen LogP contribution is 2.01. The summed E-state index contributed by atoms with van der Waals surface area (Å²) in [6, 6.07) is 1.72. The molecule has 4 nitrogen and oxygen atoms in total. The number of hydrogen-bond donors (Lipinski definition) is 2. The molecule has 2 aromatic rings. The highest BCUT2D eigenvalue weighted by Gasteiger charge is 2.16. The number of hydrogen-bond acceptors (Lipinski definition) is 3. The van der Waals surface area contributed by atoms with Gasteiger partial charge < -0.3 is 14.4 Å². The van der Waals surface area contributed by atoms with Crippen LogP contribution in [-0.2, 0) is 0 Å². The zero-order valence-electron chi connectivity index (χ0n) is 7.18. The number of rotatable bonds is 1. The van der Waals surface area contributed by atoms with E-state index in [2.05, 4.69) is 4.98 Å². The lowest BCUT2D eigenvalue weighted by atomic mass is 9.80. The zero-order chi connectivity index (χ0) is 9.42. The van der Waals surface area contributed by atoms with Crippen LogP contribution in [0.25, 0.3) is 5.65 Å². The molecule has 0 amide bonds. The fourth-order valence-corrected chi connectivity index (χ4v) is 1.40. The zero-order valence-corrected chi connectivity index (χ0v) is 7.18. The van der Waals surface area contributed by atoms with Gasteiger partial charge in [-0.05, 0) is 12.5 Å². The summed E-state index contributed by atoms with van der Waals surface area (Å²) in [6.07, 6.45) is 5.28. The fraction of sp³-hybridized carbons (Fsp3) is 0.125. The highest BCUT2D eigenvalue weighted by atomic mass is 16.4. The minimum atomic E-state index is -1.47. The average Bonchev–Trinajstić information content (AvgIpc) is 2.49. The van der Waals surface area contributed by atoms with Crippen molar-refractivity contribution < 1.29 is 10.0 Å². The quantitative estimate of drug-likeness (QED) is 0.566. The monoisotopic (exact) mass is 176 g/mol. The van der Waals surface area contributed by atoms with Gasteiger partial charge in [0.05, 0.1) is 0 Å². The maximum absolute atomic E-state index is 9.07. The van der Waals surface area contributed by atoms with Crippen molar-refractivity contribution in [2.24, 2.45) is 0 Å². The molecule has 2 heterocycles. The van der Waals surface area contributed by atoms with Crippen LogP contribution in [0.4, 0.5) is 0 Å². The number of aryl methyl sites for hydroxylation is 1. The van der Waals surface area contributed by atoms with Gasteiger partial charge in [-0.3, -0.25) is 0 Å². The topological polar surface area (TPSA) is 57.8 Å². The number of fused-ring (bicyclic) bond motifs is 1. The number of pyridine rings is 1. The summed E-state index contributed by atoms with van der Waals surface area (Å²) < 4.78 is 1.77. The van der Waals surface area contributed by atoms with Crippen molar-refractivity contribution in [3.63, 3.8) is 0 Å². The predicted molar refractivity (Wildman–Crippen MR) is 49.8 cm³/mol. The lowest BCUT2D eigenvalue weighted by Crippen LogP contribution is -2.32. The molecule has 0 unspecified atom stereocenters. The van der Waals surface area contributed by atoms with Crippen LogP contribution in [0, 0.1) is 6.92 Å². The molecular formula is C8H9BN2O2. The number of aromatic nitrogens is 2. The molecule has 0 saturated carbocycles. The van der Waals surface area contributed by atoms with Crippen molar-refractivity contribution >= 4 is 18.2 Å². The standard InChI is InChI=1S/C8H9BN2O2/c1-6-4-7(9(12)13)8-10-2-3-11(8)5-6/h2-5,12-13H,1H3. The van der Waals surface area contributed by atoms with Crippen LogP contribution < -0.4 is 5.46 Å². The fourth-order valence-electron chi connectivity index (χ4n) is 1.40. The third-order valence-corrected chi connectivity index (χ3v) is 1.93. The minimum Gasteiger partial charge on any atom is -0.423 e. The maximum atomic E-state index is 9.07. The lowest BCUT2D eigenvalue weighted by molar-refractivity contribution is 0.426. The summed E-state index contributed by atoms with van der Waals surface area (Å²) in [5.41, 5.74) is 1.99. The van der Waals surface area contributed by atoms with Gasteiger partial charge in [-0.2, -0.15) is 0 Å². The Kier molecular flexibility index (Phi) is 1.83. The molecule has 2 rings (SSSR count). The van der Waals surface area contributed by atoms with Crippen LogP contribution in [0.3, 0.4) is 0 Å². The second kappa shape index (κ2) is 2.87. The van der Waals surface area contributed by atoms with Crippen LogP contribution >= 0.6 is 0 Å². The van der Waals surface area contributed by atoms with Crippen LogP contribution in [0.2, 0.25) is 0 Å². The molecule has 0 aliphatic heterocycles. The van der Waals surface area contributed by atoms with Gasteiger partial charge in [-0.1, -0.05) is 6.07 Å². The van der Waals surface area contributed by atoms with Crippen molar-refractivity contribution in [3.8, 4) is 0 Å². The van der Waals surface area contributed by atoms with E-state index < -0.39 is 7.12 Å². The molecule has 66 valence electrons. The lowest BCUT2D eigenvalue weighted by Gasteiger charge is -2.03. The first kappa shape index (κ1) is 8.28. The Balaban J connectivity index is 2.77. The van der Waals surface area contributed by atoms with Gasteiger partial charge in [0, 0.05) is 24.1 Å². The summed E-state index contributed by atoms with van der Waals surface area (Å²) >= 11 is 0. The molecule has 13 heavy (non-hydrogen) atoms. The van der Waals surface area contributed by atoms with Crippen molar-refractivity contribution in [3.05, 3.63) is 30.2 Å². The largest absolute Gasteiger partial charge is 0.492 e. The van der Waals surface area contributed by atoms with Crippen molar-refractivity contribution in [2.45, 2.75) is 6.92 Å². The smallest absolute Gasteiger partial charge is 0.423 e. The molecule has 0 fully saturated rings. The Morgan fingerprint density at radius 3 is 2.92 bits per heavy atom. The van der Waals surface area contributed by atoms with Gasteiger partial charge in [0.15, 0.2) is 0 Å². The molecule has 2 aromatic heterocycles. The molecule has 0 saturated heterocycles. The predicted octanol–water partition coefficient (Wildman–Crippen LogP) is -0.677. The van der Waals surface area contributed by atoms with E-state index in [1.165, 1.54) is 0 Å². The van der Waals surface area contributed by atoms with E-state index >= 15 is 0 Å². The summed E-state index contributed by atoms with van der Waals surface area (Å²) in [5.74, 6) is 0. The summed E-state index contributed by atoms with van der Waals surface area (Å²) in [7, 11) is -1.47. The first-order valence-electron chi connectivity index (χ1n) is 3.98. The van der Waals surface area contributed by atoms with E-state index in [1.54, 1.807) is 22.9 Å². The Bertz CT molecular complexity index is 439. The highest BCUT2D eigenvalue weighted by molar-refractivity contribution is 6.60. The summed E-state index contributed by atoms with van der Waals surface area (Å²) in [5, 5.41) is 18.1.